The molecule has 1 N–H and O–H groups in total. The molecule has 0 spiro atoms. The van der Waals surface area contributed by atoms with Crippen molar-refractivity contribution < 1.29 is 9.31 Å². The Morgan fingerprint density at radius 3 is 2.50 bits per heavy atom. The average Bonchev–Trinajstić information content (AvgIpc) is 2.14. The van der Waals surface area contributed by atoms with Crippen molar-refractivity contribution in [2.75, 3.05) is 19.1 Å². The van der Waals surface area contributed by atoms with Crippen LogP contribution in [0.25, 0.3) is 0 Å². The summed E-state index contributed by atoms with van der Waals surface area (Å²) in [6, 6.07) is 0. The fourth-order valence-electron chi connectivity index (χ4n) is 0.511. The molecule has 0 saturated heterocycles. The summed E-state index contributed by atoms with van der Waals surface area (Å²) in [4.78, 5) is 12.1. The Kier molecular flexibility index (Phi) is 1.80. The van der Waals surface area contributed by atoms with Crippen molar-refractivity contribution >= 4 is 15.9 Å². The lowest BCUT2D eigenvalue weighted by Crippen LogP contribution is -2.55. The highest BCUT2D eigenvalue weighted by molar-refractivity contribution is 9.10. The Morgan fingerprint density at radius 1 is 1.70 bits per heavy atom. The summed E-state index contributed by atoms with van der Waals surface area (Å²) in [5.41, 5.74) is -0.422. The normalized spacial score (nSPS) is 9.90. The van der Waals surface area contributed by atoms with Crippen LogP contribution < -0.4 is 15.4 Å². The second-order valence-electron chi connectivity index (χ2n) is 1.93. The molecule has 6 heteroatoms. The van der Waals surface area contributed by atoms with E-state index in [0.29, 0.717) is 4.60 Å². The highest BCUT2D eigenvalue weighted by Gasteiger charge is 2.18. The van der Waals surface area contributed by atoms with Crippen LogP contribution in [0.3, 0.4) is 0 Å². The molecule has 0 saturated carbocycles. The van der Waals surface area contributed by atoms with Gasteiger partial charge in [-0.05, 0) is 0 Å². The minimum Gasteiger partial charge on any atom is -0.280 e. The summed E-state index contributed by atoms with van der Waals surface area (Å²) in [6.45, 7) is 0. The number of aromatic nitrogens is 2. The van der Waals surface area contributed by atoms with E-state index in [0.717, 1.165) is 0 Å². The third kappa shape index (κ3) is 1.06. The number of aromatic amines is 1. The topological polar surface area (TPSA) is 53.1 Å². The molecule has 0 aliphatic rings. The van der Waals surface area contributed by atoms with Crippen molar-refractivity contribution in [3.63, 3.8) is 0 Å². The van der Waals surface area contributed by atoms with Gasteiger partial charge in [0.15, 0.2) is 0 Å². The van der Waals surface area contributed by atoms with E-state index in [1.165, 1.54) is 4.79 Å². The van der Waals surface area contributed by atoms with Gasteiger partial charge < -0.3 is 0 Å². The molecule has 0 amide bonds. The molecule has 56 valence electrons. The fraction of sp³-hybridized carbons (Fsp3) is 0.500. The van der Waals surface area contributed by atoms with Crippen LogP contribution in [-0.2, 0) is 0 Å². The summed E-state index contributed by atoms with van der Waals surface area (Å²) in [6.07, 6.45) is 0. The minimum absolute atomic E-state index is 0.345. The first kappa shape index (κ1) is 7.33. The van der Waals surface area contributed by atoms with Crippen molar-refractivity contribution in [3.05, 3.63) is 15.0 Å². The van der Waals surface area contributed by atoms with E-state index in [9.17, 15) is 4.79 Å². The lowest BCUT2D eigenvalue weighted by atomic mass is 10.9. The molecule has 1 aromatic rings. The Labute approximate surface area is 65.3 Å². The smallest absolute Gasteiger partial charge is 0.280 e. The van der Waals surface area contributed by atoms with Crippen LogP contribution in [0.15, 0.2) is 13.9 Å². The largest absolute Gasteiger partial charge is 0.445 e. The highest BCUT2D eigenvalue weighted by Crippen LogP contribution is 1.90. The molecule has 0 radical (unpaired) electrons. The maximum atomic E-state index is 10.7. The van der Waals surface area contributed by atoms with E-state index in [-0.39, 0.29) is 0 Å². The van der Waals surface area contributed by atoms with Crippen molar-refractivity contribution in [1.82, 2.24) is 5.27 Å². The van der Waals surface area contributed by atoms with E-state index in [4.69, 9.17) is 0 Å². The van der Waals surface area contributed by atoms with Crippen molar-refractivity contribution in [1.29, 1.82) is 0 Å². The average molecular weight is 209 g/mol. The number of nitrogens with one attached hydrogen (secondary N) is 1. The number of H-pyrrole nitrogens is 1. The van der Waals surface area contributed by atoms with Crippen LogP contribution in [0.1, 0.15) is 0 Å². The summed E-state index contributed by atoms with van der Waals surface area (Å²) in [5, 5.41) is 4.04. The second-order valence-corrected chi connectivity index (χ2v) is 2.68. The van der Waals surface area contributed by atoms with Gasteiger partial charge >= 0.3 is 10.2 Å². The van der Waals surface area contributed by atoms with Gasteiger partial charge in [-0.15, -0.1) is 0 Å². The van der Waals surface area contributed by atoms with Gasteiger partial charge in [0.2, 0.25) is 0 Å². The van der Waals surface area contributed by atoms with E-state index >= 15 is 0 Å². The molecule has 0 bridgehead atoms. The fourth-order valence-corrected chi connectivity index (χ4v) is 0.981. The van der Waals surface area contributed by atoms with Crippen LogP contribution in [0, 0.1) is 0 Å². The Balaban J connectivity index is 3.18. The third-order valence-corrected chi connectivity index (χ3v) is 1.64. The van der Waals surface area contributed by atoms with Gasteiger partial charge in [-0.25, -0.2) is 4.79 Å². The minimum atomic E-state index is -0.422. The number of hydrogen-bond donors (Lipinski definition) is 1. The summed E-state index contributed by atoms with van der Waals surface area (Å²) < 4.78 is 4.80. The molecule has 0 aliphatic carbocycles. The predicted octanol–water partition coefficient (Wildman–Crippen LogP) is -0.785. The maximum absolute atomic E-state index is 10.7. The zero-order valence-electron chi connectivity index (χ0n) is 5.59. The van der Waals surface area contributed by atoms with Crippen LogP contribution >= 0.6 is 15.9 Å². The van der Waals surface area contributed by atoms with Crippen LogP contribution in [0.4, 0.5) is 0 Å². The van der Waals surface area contributed by atoms with Crippen LogP contribution in [-0.4, -0.2) is 19.4 Å². The number of nitrogens with zero attached hydrogens (tertiary/aromatic N) is 2. The van der Waals surface area contributed by atoms with Crippen molar-refractivity contribution in [3.8, 4) is 0 Å². The summed E-state index contributed by atoms with van der Waals surface area (Å²) in [7, 11) is 3.55. The standard InChI is InChI=1S/C4H6BrN3O2/c1-7(2)8-3(5)4(9)10-6-8/h1-2H3/p+1. The summed E-state index contributed by atoms with van der Waals surface area (Å²) >= 11 is 3.03. The molecule has 0 fully saturated rings. The lowest BCUT2D eigenvalue weighted by molar-refractivity contribution is -0.762. The van der Waals surface area contributed by atoms with Crippen molar-refractivity contribution in [2.45, 2.75) is 0 Å². The SMILES string of the molecule is CN(C)[n+]1[nH]oc(=O)c1Br. The van der Waals surface area contributed by atoms with Gasteiger partial charge in [-0.3, -0.25) is 4.52 Å². The van der Waals surface area contributed by atoms with Crippen molar-refractivity contribution in [2.24, 2.45) is 0 Å². The van der Waals surface area contributed by atoms with Crippen LogP contribution in [0.5, 0.6) is 0 Å². The molecule has 0 aliphatic heterocycles. The Morgan fingerprint density at radius 2 is 2.30 bits per heavy atom. The van der Waals surface area contributed by atoms with E-state index in [1.54, 1.807) is 19.1 Å². The highest BCUT2D eigenvalue weighted by atomic mass is 79.9. The Hall–Kier alpha value is -0.780. The summed E-state index contributed by atoms with van der Waals surface area (Å²) in [5.74, 6) is 0. The molecule has 1 aromatic heterocycles. The van der Waals surface area contributed by atoms with E-state index in [1.807, 2.05) is 0 Å². The molecule has 0 atom stereocenters. The lowest BCUT2D eigenvalue weighted by Gasteiger charge is -1.96. The molecular weight excluding hydrogens is 202 g/mol. The quantitative estimate of drug-likeness (QED) is 0.617. The molecular formula is C4H7BrN3O2+. The molecule has 1 rings (SSSR count). The monoisotopic (exact) mass is 208 g/mol. The first-order valence-corrected chi connectivity index (χ1v) is 3.39. The molecule has 10 heavy (non-hydrogen) atoms. The second kappa shape index (κ2) is 2.45. The van der Waals surface area contributed by atoms with Gasteiger partial charge in [-0.1, -0.05) is 0 Å². The number of rotatable bonds is 1. The predicted molar refractivity (Wildman–Crippen MR) is 37.3 cm³/mol. The van der Waals surface area contributed by atoms with Gasteiger partial charge in [0.1, 0.15) is 0 Å². The molecule has 0 aromatic carbocycles. The first-order chi connectivity index (χ1) is 4.63. The molecule has 5 nitrogen and oxygen atoms in total. The number of halogens is 1. The molecule has 1 heterocycles. The first-order valence-electron chi connectivity index (χ1n) is 2.59. The van der Waals surface area contributed by atoms with Gasteiger partial charge in [0, 0.05) is 21.2 Å². The van der Waals surface area contributed by atoms with Crippen LogP contribution in [0.2, 0.25) is 0 Å². The zero-order valence-corrected chi connectivity index (χ0v) is 7.17. The molecule has 0 unspecified atom stereocenters. The maximum Gasteiger partial charge on any atom is 0.445 e. The zero-order chi connectivity index (χ0) is 7.72. The van der Waals surface area contributed by atoms with E-state index < -0.39 is 5.63 Å². The Bertz CT molecular complexity index is 276. The van der Waals surface area contributed by atoms with Gasteiger partial charge in [0.25, 0.3) is 0 Å². The van der Waals surface area contributed by atoms with E-state index in [2.05, 4.69) is 25.7 Å². The number of hydrogen-bond acceptors (Lipinski definition) is 3. The third-order valence-electron chi connectivity index (χ3n) is 0.979. The van der Waals surface area contributed by atoms with Gasteiger partial charge in [-0.2, -0.15) is 5.01 Å². The van der Waals surface area contributed by atoms with Gasteiger partial charge in [0.05, 0.1) is 18.9 Å².